The normalized spacial score (nSPS) is 18.2. The topological polar surface area (TPSA) is 9.23 Å². The Hall–Kier alpha value is 0.540. The molecule has 3 heteroatoms. The lowest BCUT2D eigenvalue weighted by Gasteiger charge is -2.36. The molecule has 0 aromatic carbocycles. The number of rotatable bonds is 8. The smallest absolute Gasteiger partial charge is 0.0466 e. The summed E-state index contributed by atoms with van der Waals surface area (Å²) >= 11 is 12.4. The van der Waals surface area contributed by atoms with Gasteiger partial charge in [-0.15, -0.1) is 23.2 Å². The summed E-state index contributed by atoms with van der Waals surface area (Å²) in [5, 5.41) is 0. The molecule has 0 unspecified atom stereocenters. The van der Waals surface area contributed by atoms with Crippen molar-refractivity contribution in [2.24, 2.45) is 11.3 Å². The van der Waals surface area contributed by atoms with Crippen LogP contribution in [-0.2, 0) is 4.74 Å². The quantitative estimate of drug-likeness (QED) is 0.466. The van der Waals surface area contributed by atoms with E-state index in [1.165, 1.54) is 25.7 Å². The summed E-state index contributed by atoms with van der Waals surface area (Å²) in [6, 6.07) is 0. The second-order valence-electron chi connectivity index (χ2n) is 4.91. The lowest BCUT2D eigenvalue weighted by atomic mass is 9.74. The maximum Gasteiger partial charge on any atom is 0.0466 e. The van der Waals surface area contributed by atoms with Gasteiger partial charge in [0.2, 0.25) is 0 Å². The third-order valence-electron chi connectivity index (χ3n) is 3.92. The van der Waals surface area contributed by atoms with Crippen molar-refractivity contribution in [2.75, 3.05) is 25.0 Å². The molecule has 0 radical (unpaired) electrons. The highest BCUT2D eigenvalue weighted by atomic mass is 35.5. The van der Waals surface area contributed by atoms with Crippen molar-refractivity contribution in [3.8, 4) is 0 Å². The Morgan fingerprint density at radius 1 is 1.19 bits per heavy atom. The van der Waals surface area contributed by atoms with Gasteiger partial charge < -0.3 is 4.74 Å². The van der Waals surface area contributed by atoms with Gasteiger partial charge in [-0.05, 0) is 38.5 Å². The first-order chi connectivity index (χ1) is 7.79. The fourth-order valence-corrected chi connectivity index (χ4v) is 3.79. The van der Waals surface area contributed by atoms with Crippen molar-refractivity contribution in [1.82, 2.24) is 0 Å². The lowest BCUT2D eigenvalue weighted by molar-refractivity contribution is 0.120. The van der Waals surface area contributed by atoms with Crippen LogP contribution in [0.4, 0.5) is 0 Å². The van der Waals surface area contributed by atoms with E-state index in [1.807, 2.05) is 6.92 Å². The molecule has 1 rings (SSSR count). The Kier molecular flexibility index (Phi) is 7.11. The monoisotopic (exact) mass is 266 g/mol. The minimum absolute atomic E-state index is 0.163. The predicted octanol–water partition coefficient (Wildman–Crippen LogP) is 4.46. The molecule has 0 aromatic heterocycles. The zero-order valence-electron chi connectivity index (χ0n) is 10.3. The van der Waals surface area contributed by atoms with Crippen LogP contribution in [0.5, 0.6) is 0 Å². The van der Waals surface area contributed by atoms with E-state index in [9.17, 15) is 0 Å². The van der Waals surface area contributed by atoms with E-state index in [1.54, 1.807) is 0 Å². The zero-order chi connectivity index (χ0) is 11.9. The molecule has 96 valence electrons. The third kappa shape index (κ3) is 3.78. The summed E-state index contributed by atoms with van der Waals surface area (Å²) in [7, 11) is 0. The van der Waals surface area contributed by atoms with Crippen molar-refractivity contribution in [3.63, 3.8) is 0 Å². The summed E-state index contributed by atoms with van der Waals surface area (Å²) in [4.78, 5) is 0. The number of alkyl halides is 2. The van der Waals surface area contributed by atoms with Gasteiger partial charge in [-0.3, -0.25) is 0 Å². The maximum absolute atomic E-state index is 6.19. The minimum atomic E-state index is 0.163. The van der Waals surface area contributed by atoms with E-state index < -0.39 is 0 Å². The molecular weight excluding hydrogens is 243 g/mol. The van der Waals surface area contributed by atoms with Crippen molar-refractivity contribution < 1.29 is 4.74 Å². The van der Waals surface area contributed by atoms with Crippen molar-refractivity contribution in [3.05, 3.63) is 0 Å². The van der Waals surface area contributed by atoms with Gasteiger partial charge in [0, 0.05) is 30.4 Å². The Labute approximate surface area is 110 Å². The van der Waals surface area contributed by atoms with Crippen LogP contribution in [0.2, 0.25) is 0 Å². The van der Waals surface area contributed by atoms with Crippen LogP contribution in [0.25, 0.3) is 0 Å². The van der Waals surface area contributed by atoms with Crippen molar-refractivity contribution >= 4 is 23.2 Å². The van der Waals surface area contributed by atoms with Gasteiger partial charge >= 0.3 is 0 Å². The highest BCUT2D eigenvalue weighted by Crippen LogP contribution is 2.44. The SMILES string of the molecule is CCOCCCC(CCl)(CCl)C1CCCC1. The Morgan fingerprint density at radius 3 is 2.31 bits per heavy atom. The van der Waals surface area contributed by atoms with Gasteiger partial charge in [-0.2, -0.15) is 0 Å². The van der Waals surface area contributed by atoms with Gasteiger partial charge in [-0.25, -0.2) is 0 Å². The van der Waals surface area contributed by atoms with Gasteiger partial charge in [0.25, 0.3) is 0 Å². The standard InChI is InChI=1S/C13H24Cl2O/c1-2-16-9-5-8-13(10-14,11-15)12-6-3-4-7-12/h12H,2-11H2,1H3. The molecule has 1 aliphatic rings. The first-order valence-electron chi connectivity index (χ1n) is 6.48. The average Bonchev–Trinajstić information content (AvgIpc) is 2.84. The number of ether oxygens (including phenoxy) is 1. The zero-order valence-corrected chi connectivity index (χ0v) is 11.8. The van der Waals surface area contributed by atoms with Gasteiger partial charge in [0.15, 0.2) is 0 Å². The van der Waals surface area contributed by atoms with E-state index in [2.05, 4.69) is 0 Å². The highest BCUT2D eigenvalue weighted by molar-refractivity contribution is 6.21. The third-order valence-corrected chi connectivity index (χ3v) is 4.99. The summed E-state index contributed by atoms with van der Waals surface area (Å²) in [6.07, 6.45) is 7.54. The Morgan fingerprint density at radius 2 is 1.81 bits per heavy atom. The Balaban J connectivity index is 2.43. The van der Waals surface area contributed by atoms with Crippen LogP contribution < -0.4 is 0 Å². The first kappa shape index (κ1) is 14.6. The molecule has 1 fully saturated rings. The van der Waals surface area contributed by atoms with Gasteiger partial charge in [0.05, 0.1) is 0 Å². The molecule has 0 heterocycles. The van der Waals surface area contributed by atoms with Crippen molar-refractivity contribution in [1.29, 1.82) is 0 Å². The molecule has 1 aliphatic carbocycles. The number of hydrogen-bond acceptors (Lipinski definition) is 1. The van der Waals surface area contributed by atoms with E-state index >= 15 is 0 Å². The molecule has 1 saturated carbocycles. The summed E-state index contributed by atoms with van der Waals surface area (Å²) < 4.78 is 5.39. The fourth-order valence-electron chi connectivity index (χ4n) is 2.80. The summed E-state index contributed by atoms with van der Waals surface area (Å²) in [5.74, 6) is 2.14. The highest BCUT2D eigenvalue weighted by Gasteiger charge is 2.38. The van der Waals surface area contributed by atoms with E-state index in [4.69, 9.17) is 27.9 Å². The van der Waals surface area contributed by atoms with E-state index in [0.29, 0.717) is 11.8 Å². The molecule has 16 heavy (non-hydrogen) atoms. The summed E-state index contributed by atoms with van der Waals surface area (Å²) in [6.45, 7) is 3.68. The predicted molar refractivity (Wildman–Crippen MR) is 71.6 cm³/mol. The van der Waals surface area contributed by atoms with Crippen LogP contribution in [0.3, 0.4) is 0 Å². The number of hydrogen-bond donors (Lipinski definition) is 0. The van der Waals surface area contributed by atoms with Crippen LogP contribution in [0, 0.1) is 11.3 Å². The Bertz CT molecular complexity index is 175. The maximum atomic E-state index is 6.19. The van der Waals surface area contributed by atoms with E-state index in [-0.39, 0.29) is 5.41 Å². The molecular formula is C13H24Cl2O. The lowest BCUT2D eigenvalue weighted by Crippen LogP contribution is -2.33. The molecule has 0 aromatic rings. The van der Waals surface area contributed by atoms with Crippen LogP contribution in [0.1, 0.15) is 45.4 Å². The second kappa shape index (κ2) is 7.79. The molecule has 0 N–H and O–H groups in total. The second-order valence-corrected chi connectivity index (χ2v) is 5.45. The molecule has 0 saturated heterocycles. The van der Waals surface area contributed by atoms with Crippen molar-refractivity contribution in [2.45, 2.75) is 45.4 Å². The molecule has 0 amide bonds. The van der Waals surface area contributed by atoms with Crippen LogP contribution in [-0.4, -0.2) is 25.0 Å². The molecule has 0 aliphatic heterocycles. The van der Waals surface area contributed by atoms with Gasteiger partial charge in [0.1, 0.15) is 0 Å². The molecule has 1 nitrogen and oxygen atoms in total. The van der Waals surface area contributed by atoms with E-state index in [0.717, 1.165) is 32.0 Å². The first-order valence-corrected chi connectivity index (χ1v) is 7.55. The molecule has 0 atom stereocenters. The molecule has 0 bridgehead atoms. The minimum Gasteiger partial charge on any atom is -0.382 e. The fraction of sp³-hybridized carbons (Fsp3) is 1.00. The number of halogens is 2. The van der Waals surface area contributed by atoms with Crippen LogP contribution >= 0.6 is 23.2 Å². The largest absolute Gasteiger partial charge is 0.382 e. The molecule has 0 spiro atoms. The summed E-state index contributed by atoms with van der Waals surface area (Å²) in [5.41, 5.74) is 0.163. The average molecular weight is 267 g/mol. The van der Waals surface area contributed by atoms with Gasteiger partial charge in [-0.1, -0.05) is 12.8 Å². The van der Waals surface area contributed by atoms with Crippen LogP contribution in [0.15, 0.2) is 0 Å².